The molecule has 4 nitrogen and oxygen atoms in total. The highest BCUT2D eigenvalue weighted by Gasteiger charge is 2.11. The Balaban J connectivity index is 2.15. The Morgan fingerprint density at radius 3 is 2.44 bits per heavy atom. The van der Waals surface area contributed by atoms with Gasteiger partial charge in [0.15, 0.2) is 5.76 Å². The first-order valence-corrected chi connectivity index (χ1v) is 5.90. The lowest BCUT2D eigenvalue weighted by molar-refractivity contribution is 0.0995. The van der Waals surface area contributed by atoms with E-state index in [4.69, 9.17) is 33.4 Å². The Labute approximate surface area is 114 Å². The van der Waals surface area contributed by atoms with Crippen LogP contribution in [-0.4, -0.2) is 5.91 Å². The number of carbonyl (C=O) groups excluding carboxylic acids is 1. The lowest BCUT2D eigenvalue weighted by atomic mass is 10.3. The summed E-state index contributed by atoms with van der Waals surface area (Å²) in [5.41, 5.74) is 5.90. The van der Waals surface area contributed by atoms with Gasteiger partial charge in [-0.1, -0.05) is 23.2 Å². The molecule has 0 spiro atoms. The van der Waals surface area contributed by atoms with Gasteiger partial charge in [-0.15, -0.1) is 0 Å². The highest BCUT2D eigenvalue weighted by Crippen LogP contribution is 2.23. The molecule has 6 heteroatoms. The first-order valence-electron chi connectivity index (χ1n) is 5.14. The molecule has 0 aliphatic rings. The predicted octanol–water partition coefficient (Wildman–Crippen LogP) is 3.30. The quantitative estimate of drug-likeness (QED) is 0.909. The fourth-order valence-electron chi connectivity index (χ4n) is 1.43. The first kappa shape index (κ1) is 13.0. The maximum atomic E-state index is 11.8. The summed E-state index contributed by atoms with van der Waals surface area (Å²) in [5.74, 6) is 0.351. The second-order valence-corrected chi connectivity index (χ2v) is 4.46. The van der Waals surface area contributed by atoms with E-state index in [1.165, 1.54) is 0 Å². The van der Waals surface area contributed by atoms with Gasteiger partial charge in [0.25, 0.3) is 5.91 Å². The van der Waals surface area contributed by atoms with Crippen LogP contribution in [0.25, 0.3) is 0 Å². The van der Waals surface area contributed by atoms with Gasteiger partial charge in [-0.2, -0.15) is 0 Å². The number of nitrogens with two attached hydrogens (primary N) is 1. The Hall–Kier alpha value is -1.49. The molecule has 1 aromatic carbocycles. The fraction of sp³-hybridized carbons (Fsp3) is 0.0833. The Morgan fingerprint density at radius 1 is 1.22 bits per heavy atom. The third-order valence-electron chi connectivity index (χ3n) is 2.21. The van der Waals surface area contributed by atoms with Crippen molar-refractivity contribution in [2.45, 2.75) is 6.54 Å². The molecule has 1 aromatic heterocycles. The van der Waals surface area contributed by atoms with Crippen LogP contribution in [0.2, 0.25) is 10.0 Å². The summed E-state index contributed by atoms with van der Waals surface area (Å²) in [6.45, 7) is 0.246. The summed E-state index contributed by atoms with van der Waals surface area (Å²) >= 11 is 11.7. The number of hydrogen-bond acceptors (Lipinski definition) is 3. The Kier molecular flexibility index (Phi) is 3.91. The van der Waals surface area contributed by atoms with Crippen molar-refractivity contribution in [2.75, 3.05) is 5.32 Å². The van der Waals surface area contributed by atoms with Crippen LogP contribution >= 0.6 is 23.2 Å². The SMILES string of the molecule is NCc1ccc(C(=O)Nc2cc(Cl)cc(Cl)c2)o1. The van der Waals surface area contributed by atoms with Crippen molar-refractivity contribution in [1.82, 2.24) is 0 Å². The molecule has 3 N–H and O–H groups in total. The van der Waals surface area contributed by atoms with Crippen LogP contribution in [0.5, 0.6) is 0 Å². The normalized spacial score (nSPS) is 10.4. The van der Waals surface area contributed by atoms with Gasteiger partial charge in [-0.05, 0) is 30.3 Å². The molecule has 0 aliphatic heterocycles. The second kappa shape index (κ2) is 5.44. The van der Waals surface area contributed by atoms with Gasteiger partial charge in [0, 0.05) is 15.7 Å². The van der Waals surface area contributed by atoms with E-state index in [0.717, 1.165) is 0 Å². The van der Waals surface area contributed by atoms with Gasteiger partial charge in [-0.3, -0.25) is 4.79 Å². The van der Waals surface area contributed by atoms with E-state index >= 15 is 0 Å². The molecule has 18 heavy (non-hydrogen) atoms. The van der Waals surface area contributed by atoms with E-state index in [-0.39, 0.29) is 18.2 Å². The molecule has 0 atom stereocenters. The highest BCUT2D eigenvalue weighted by molar-refractivity contribution is 6.35. The number of carbonyl (C=O) groups is 1. The molecule has 0 radical (unpaired) electrons. The predicted molar refractivity (Wildman–Crippen MR) is 71.0 cm³/mol. The third kappa shape index (κ3) is 3.04. The van der Waals surface area contributed by atoms with Crippen molar-refractivity contribution < 1.29 is 9.21 Å². The van der Waals surface area contributed by atoms with Crippen molar-refractivity contribution in [2.24, 2.45) is 5.73 Å². The van der Waals surface area contributed by atoms with Crippen molar-refractivity contribution in [1.29, 1.82) is 0 Å². The molecule has 0 fully saturated rings. The van der Waals surface area contributed by atoms with Gasteiger partial charge in [-0.25, -0.2) is 0 Å². The number of benzene rings is 1. The van der Waals surface area contributed by atoms with Gasteiger partial charge < -0.3 is 15.5 Å². The van der Waals surface area contributed by atoms with Crippen LogP contribution in [-0.2, 0) is 6.54 Å². The van der Waals surface area contributed by atoms with Gasteiger partial charge in [0.05, 0.1) is 6.54 Å². The van der Waals surface area contributed by atoms with E-state index in [0.29, 0.717) is 21.5 Å². The molecule has 0 bridgehead atoms. The maximum Gasteiger partial charge on any atom is 0.291 e. The largest absolute Gasteiger partial charge is 0.455 e. The molecule has 0 aliphatic carbocycles. The van der Waals surface area contributed by atoms with Crippen LogP contribution in [0.3, 0.4) is 0 Å². The summed E-state index contributed by atoms with van der Waals surface area (Å²) in [4.78, 5) is 11.8. The van der Waals surface area contributed by atoms with Gasteiger partial charge >= 0.3 is 0 Å². The molecule has 1 heterocycles. The zero-order chi connectivity index (χ0) is 13.1. The number of amides is 1. The molecule has 2 aromatic rings. The molecule has 0 saturated heterocycles. The fourth-order valence-corrected chi connectivity index (χ4v) is 1.95. The topological polar surface area (TPSA) is 68.3 Å². The average molecular weight is 285 g/mol. The summed E-state index contributed by atoms with van der Waals surface area (Å²) in [7, 11) is 0. The molecular weight excluding hydrogens is 275 g/mol. The van der Waals surface area contributed by atoms with Gasteiger partial charge in [0.1, 0.15) is 5.76 Å². The summed E-state index contributed by atoms with van der Waals surface area (Å²) in [5, 5.41) is 3.52. The zero-order valence-electron chi connectivity index (χ0n) is 9.24. The van der Waals surface area contributed by atoms with Crippen LogP contribution < -0.4 is 11.1 Å². The zero-order valence-corrected chi connectivity index (χ0v) is 10.8. The van der Waals surface area contributed by atoms with Crippen LogP contribution in [0.4, 0.5) is 5.69 Å². The number of halogens is 2. The number of hydrogen-bond donors (Lipinski definition) is 2. The highest BCUT2D eigenvalue weighted by atomic mass is 35.5. The monoisotopic (exact) mass is 284 g/mol. The second-order valence-electron chi connectivity index (χ2n) is 3.58. The lowest BCUT2D eigenvalue weighted by Gasteiger charge is -2.04. The molecule has 0 saturated carbocycles. The summed E-state index contributed by atoms with van der Waals surface area (Å²) in [6.07, 6.45) is 0. The van der Waals surface area contributed by atoms with Crippen LogP contribution in [0.15, 0.2) is 34.7 Å². The minimum Gasteiger partial charge on any atom is -0.455 e. The minimum atomic E-state index is -0.381. The maximum absolute atomic E-state index is 11.8. The van der Waals surface area contributed by atoms with Gasteiger partial charge in [0.2, 0.25) is 0 Å². The summed E-state index contributed by atoms with van der Waals surface area (Å²) < 4.78 is 5.22. The van der Waals surface area contributed by atoms with E-state index in [9.17, 15) is 4.79 Å². The average Bonchev–Trinajstić information content (AvgIpc) is 2.75. The van der Waals surface area contributed by atoms with Crippen molar-refractivity contribution in [3.05, 3.63) is 51.9 Å². The first-order chi connectivity index (χ1) is 8.58. The van der Waals surface area contributed by atoms with E-state index in [2.05, 4.69) is 5.32 Å². The summed E-state index contributed by atoms with van der Waals surface area (Å²) in [6, 6.07) is 7.98. The standard InChI is InChI=1S/C12H10Cl2N2O2/c13-7-3-8(14)5-9(4-7)16-12(17)11-2-1-10(6-15)18-11/h1-5H,6,15H2,(H,16,17). The number of furan rings is 1. The minimum absolute atomic E-state index is 0.187. The number of anilines is 1. The van der Waals surface area contributed by atoms with E-state index in [1.54, 1.807) is 30.3 Å². The third-order valence-corrected chi connectivity index (χ3v) is 2.64. The Morgan fingerprint density at radius 2 is 1.89 bits per heavy atom. The number of rotatable bonds is 3. The van der Waals surface area contributed by atoms with Crippen molar-refractivity contribution in [3.8, 4) is 0 Å². The van der Waals surface area contributed by atoms with Crippen LogP contribution in [0, 0.1) is 0 Å². The van der Waals surface area contributed by atoms with E-state index in [1.807, 2.05) is 0 Å². The lowest BCUT2D eigenvalue weighted by Crippen LogP contribution is -2.10. The van der Waals surface area contributed by atoms with Crippen molar-refractivity contribution in [3.63, 3.8) is 0 Å². The number of nitrogens with one attached hydrogen (secondary N) is 1. The van der Waals surface area contributed by atoms with Crippen molar-refractivity contribution >= 4 is 34.8 Å². The molecule has 2 rings (SSSR count). The Bertz CT molecular complexity index is 561. The van der Waals surface area contributed by atoms with E-state index < -0.39 is 0 Å². The van der Waals surface area contributed by atoms with Crippen LogP contribution in [0.1, 0.15) is 16.3 Å². The molecule has 94 valence electrons. The molecule has 0 unspecified atom stereocenters. The molecular formula is C12H10Cl2N2O2. The smallest absolute Gasteiger partial charge is 0.291 e. The molecule has 1 amide bonds.